The normalized spacial score (nSPS) is 28.5. The Kier molecular flexibility index (Phi) is 5.46. The van der Waals surface area contributed by atoms with Gasteiger partial charge in [0.15, 0.2) is 0 Å². The van der Waals surface area contributed by atoms with Gasteiger partial charge in [-0.3, -0.25) is 9.69 Å². The second kappa shape index (κ2) is 7.55. The highest BCUT2D eigenvalue weighted by Gasteiger charge is 2.41. The van der Waals surface area contributed by atoms with Gasteiger partial charge in [-0.15, -0.1) is 0 Å². The lowest BCUT2D eigenvalue weighted by Gasteiger charge is -2.33. The van der Waals surface area contributed by atoms with Crippen molar-refractivity contribution in [2.45, 2.75) is 31.6 Å². The van der Waals surface area contributed by atoms with E-state index in [1.54, 1.807) is 18.4 Å². The molecule has 3 heterocycles. The molecule has 1 amide bonds. The number of nitrogens with zero attached hydrogens (tertiary/aromatic N) is 1. The van der Waals surface area contributed by atoms with Crippen molar-refractivity contribution < 1.29 is 14.3 Å². The number of hydrogen-bond donors (Lipinski definition) is 1. The summed E-state index contributed by atoms with van der Waals surface area (Å²) in [6.07, 6.45) is 1.89. The summed E-state index contributed by atoms with van der Waals surface area (Å²) < 4.78 is 11.0. The third kappa shape index (κ3) is 3.87. The van der Waals surface area contributed by atoms with Crippen LogP contribution in [0.5, 0.6) is 0 Å². The summed E-state index contributed by atoms with van der Waals surface area (Å²) in [5, 5.41) is 7.20. The predicted molar refractivity (Wildman–Crippen MR) is 85.9 cm³/mol. The number of piperidine rings is 1. The van der Waals surface area contributed by atoms with Gasteiger partial charge in [-0.05, 0) is 47.7 Å². The van der Waals surface area contributed by atoms with Crippen molar-refractivity contribution in [2.75, 3.05) is 33.4 Å². The standard InChI is InChI=1S/C16H24N2O3S/c1-20-6-4-17-16(19)14-8-13-2-5-18(10-15(13)21-14)9-12-3-7-22-11-12/h3,7,11,13-15H,2,4-6,8-10H2,1H3,(H,17,19)/t13-,14-,15+/m0/s1. The maximum atomic E-state index is 12.1. The molecule has 2 aliphatic heterocycles. The van der Waals surface area contributed by atoms with Crippen molar-refractivity contribution in [2.24, 2.45) is 5.92 Å². The summed E-state index contributed by atoms with van der Waals surface area (Å²) in [7, 11) is 1.63. The molecule has 6 heteroatoms. The van der Waals surface area contributed by atoms with Crippen LogP contribution in [0.2, 0.25) is 0 Å². The molecule has 0 unspecified atom stereocenters. The highest BCUT2D eigenvalue weighted by Crippen LogP contribution is 2.33. The first-order valence-corrected chi connectivity index (χ1v) is 8.86. The predicted octanol–water partition coefficient (Wildman–Crippen LogP) is 1.49. The van der Waals surface area contributed by atoms with E-state index in [-0.39, 0.29) is 18.1 Å². The average molecular weight is 324 g/mol. The molecule has 0 aliphatic carbocycles. The van der Waals surface area contributed by atoms with E-state index in [1.807, 2.05) is 0 Å². The molecule has 1 aromatic heterocycles. The van der Waals surface area contributed by atoms with E-state index in [0.717, 1.165) is 32.5 Å². The van der Waals surface area contributed by atoms with Gasteiger partial charge >= 0.3 is 0 Å². The van der Waals surface area contributed by atoms with E-state index < -0.39 is 0 Å². The quantitative estimate of drug-likeness (QED) is 0.806. The van der Waals surface area contributed by atoms with Crippen molar-refractivity contribution in [3.05, 3.63) is 22.4 Å². The molecule has 1 aromatic rings. The number of amides is 1. The molecule has 0 saturated carbocycles. The Morgan fingerprint density at radius 2 is 2.50 bits per heavy atom. The number of thiophene rings is 1. The summed E-state index contributed by atoms with van der Waals surface area (Å²) >= 11 is 1.74. The molecular formula is C16H24N2O3S. The number of hydrogen-bond acceptors (Lipinski definition) is 5. The van der Waals surface area contributed by atoms with Gasteiger partial charge in [-0.2, -0.15) is 11.3 Å². The molecule has 3 rings (SSSR count). The van der Waals surface area contributed by atoms with E-state index in [4.69, 9.17) is 9.47 Å². The van der Waals surface area contributed by atoms with E-state index >= 15 is 0 Å². The molecule has 0 radical (unpaired) electrons. The second-order valence-electron chi connectivity index (χ2n) is 6.10. The zero-order valence-corrected chi connectivity index (χ0v) is 13.8. The molecule has 2 fully saturated rings. The van der Waals surface area contributed by atoms with Crippen LogP contribution in [0.25, 0.3) is 0 Å². The summed E-state index contributed by atoms with van der Waals surface area (Å²) in [5.41, 5.74) is 1.37. The zero-order chi connectivity index (χ0) is 15.4. The minimum absolute atomic E-state index is 0.0100. The van der Waals surface area contributed by atoms with Crippen LogP contribution >= 0.6 is 11.3 Å². The van der Waals surface area contributed by atoms with Crippen LogP contribution in [0.1, 0.15) is 18.4 Å². The van der Waals surface area contributed by atoms with Crippen LogP contribution in [0, 0.1) is 5.92 Å². The summed E-state index contributed by atoms with van der Waals surface area (Å²) in [6.45, 7) is 4.11. The van der Waals surface area contributed by atoms with E-state index in [1.165, 1.54) is 5.56 Å². The van der Waals surface area contributed by atoms with E-state index in [0.29, 0.717) is 19.1 Å². The molecule has 0 aromatic carbocycles. The van der Waals surface area contributed by atoms with Crippen LogP contribution in [-0.2, 0) is 20.8 Å². The Bertz CT molecular complexity index is 480. The van der Waals surface area contributed by atoms with Crippen molar-refractivity contribution in [3.63, 3.8) is 0 Å². The number of rotatable bonds is 6. The molecule has 5 nitrogen and oxygen atoms in total. The number of ether oxygens (including phenoxy) is 2. The van der Waals surface area contributed by atoms with Crippen molar-refractivity contribution in [1.82, 2.24) is 10.2 Å². The van der Waals surface area contributed by atoms with Gasteiger partial charge < -0.3 is 14.8 Å². The van der Waals surface area contributed by atoms with Crippen molar-refractivity contribution in [3.8, 4) is 0 Å². The van der Waals surface area contributed by atoms with Crippen LogP contribution in [0.4, 0.5) is 0 Å². The Balaban J connectivity index is 1.47. The fraction of sp³-hybridized carbons (Fsp3) is 0.688. The topological polar surface area (TPSA) is 50.8 Å². The SMILES string of the molecule is COCCNC(=O)[C@@H]1C[C@@H]2CCN(Cc3ccsc3)C[C@H]2O1. The Labute approximate surface area is 135 Å². The first-order valence-electron chi connectivity index (χ1n) is 7.92. The first kappa shape index (κ1) is 15.9. The summed E-state index contributed by atoms with van der Waals surface area (Å²) in [4.78, 5) is 14.5. The maximum Gasteiger partial charge on any atom is 0.249 e. The molecule has 0 spiro atoms. The smallest absolute Gasteiger partial charge is 0.249 e. The zero-order valence-electron chi connectivity index (χ0n) is 13.0. The molecule has 22 heavy (non-hydrogen) atoms. The van der Waals surface area contributed by atoms with Crippen molar-refractivity contribution in [1.29, 1.82) is 0 Å². The van der Waals surface area contributed by atoms with Gasteiger partial charge in [0.25, 0.3) is 0 Å². The van der Waals surface area contributed by atoms with Gasteiger partial charge in [0.1, 0.15) is 6.10 Å². The maximum absolute atomic E-state index is 12.1. The van der Waals surface area contributed by atoms with Gasteiger partial charge in [-0.25, -0.2) is 0 Å². The Morgan fingerprint density at radius 1 is 1.59 bits per heavy atom. The van der Waals surface area contributed by atoms with Gasteiger partial charge in [0.2, 0.25) is 5.91 Å². The monoisotopic (exact) mass is 324 g/mol. The third-order valence-electron chi connectivity index (χ3n) is 4.52. The molecule has 3 atom stereocenters. The third-order valence-corrected chi connectivity index (χ3v) is 5.25. The largest absolute Gasteiger partial charge is 0.383 e. The van der Waals surface area contributed by atoms with E-state index in [9.17, 15) is 4.79 Å². The Hall–Kier alpha value is -0.950. The molecular weight excluding hydrogens is 300 g/mol. The molecule has 122 valence electrons. The van der Waals surface area contributed by atoms with Crippen LogP contribution in [-0.4, -0.2) is 56.4 Å². The molecule has 1 N–H and O–H groups in total. The number of carbonyl (C=O) groups is 1. The second-order valence-corrected chi connectivity index (χ2v) is 6.88. The number of nitrogens with one attached hydrogen (secondary N) is 1. The lowest BCUT2D eigenvalue weighted by atomic mass is 9.91. The highest BCUT2D eigenvalue weighted by molar-refractivity contribution is 7.07. The van der Waals surface area contributed by atoms with Crippen LogP contribution in [0.15, 0.2) is 16.8 Å². The minimum Gasteiger partial charge on any atom is -0.383 e. The lowest BCUT2D eigenvalue weighted by Crippen LogP contribution is -2.42. The van der Waals surface area contributed by atoms with Gasteiger partial charge in [0.05, 0.1) is 12.7 Å². The number of methoxy groups -OCH3 is 1. The lowest BCUT2D eigenvalue weighted by molar-refractivity contribution is -0.133. The fourth-order valence-electron chi connectivity index (χ4n) is 3.34. The molecule has 0 bridgehead atoms. The number of carbonyl (C=O) groups excluding carboxylic acids is 1. The molecule has 2 aliphatic rings. The average Bonchev–Trinajstić information content (AvgIpc) is 3.16. The van der Waals surface area contributed by atoms with Crippen molar-refractivity contribution >= 4 is 17.2 Å². The Morgan fingerprint density at radius 3 is 3.27 bits per heavy atom. The van der Waals surface area contributed by atoms with Crippen LogP contribution in [0.3, 0.4) is 0 Å². The fourth-order valence-corrected chi connectivity index (χ4v) is 4.00. The first-order chi connectivity index (χ1) is 10.8. The van der Waals surface area contributed by atoms with Gasteiger partial charge in [0, 0.05) is 26.7 Å². The van der Waals surface area contributed by atoms with Gasteiger partial charge in [-0.1, -0.05) is 0 Å². The minimum atomic E-state index is -0.284. The highest BCUT2D eigenvalue weighted by atomic mass is 32.1. The molecule has 2 saturated heterocycles. The number of fused-ring (bicyclic) bond motifs is 1. The van der Waals surface area contributed by atoms with E-state index in [2.05, 4.69) is 27.0 Å². The summed E-state index contributed by atoms with van der Waals surface area (Å²) in [6, 6.07) is 2.18. The summed E-state index contributed by atoms with van der Waals surface area (Å²) in [5.74, 6) is 0.535. The number of likely N-dealkylation sites (tertiary alicyclic amines) is 1. The van der Waals surface area contributed by atoms with Crippen LogP contribution < -0.4 is 5.32 Å².